The van der Waals surface area contributed by atoms with Gasteiger partial charge in [0.05, 0.1) is 37.5 Å². The summed E-state index contributed by atoms with van der Waals surface area (Å²) in [5.74, 6) is 2.81. The quantitative estimate of drug-likeness (QED) is 0.192. The van der Waals surface area contributed by atoms with Crippen molar-refractivity contribution in [3.05, 3.63) is 175 Å². The van der Waals surface area contributed by atoms with Crippen LogP contribution in [-0.2, 0) is 25.9 Å². The minimum absolute atomic E-state index is 0.0354. The zero-order valence-electron chi connectivity index (χ0n) is 28.3. The van der Waals surface area contributed by atoms with E-state index in [9.17, 15) is 9.59 Å². The lowest BCUT2D eigenvalue weighted by molar-refractivity contribution is 0.356. The van der Waals surface area contributed by atoms with Crippen LogP contribution < -0.4 is 30.5 Å². The molecule has 4 aromatic carbocycles. The fourth-order valence-electron chi connectivity index (χ4n) is 8.26. The van der Waals surface area contributed by atoms with Gasteiger partial charge < -0.3 is 29.7 Å². The van der Waals surface area contributed by atoms with E-state index in [-0.39, 0.29) is 22.9 Å². The normalized spacial score (nSPS) is 17.9. The van der Waals surface area contributed by atoms with Crippen LogP contribution in [0.15, 0.2) is 119 Å². The van der Waals surface area contributed by atoms with E-state index in [0.717, 1.165) is 93.3 Å². The van der Waals surface area contributed by atoms with Crippen LogP contribution in [0.3, 0.4) is 0 Å². The Bertz CT molecular complexity index is 2650. The van der Waals surface area contributed by atoms with Crippen LogP contribution in [0.4, 0.5) is 5.82 Å². The Labute approximate surface area is 298 Å². The minimum atomic E-state index is -0.0943. The number of hydrogen-bond donors (Lipinski definition) is 3. The van der Waals surface area contributed by atoms with Crippen LogP contribution in [0.5, 0.6) is 11.5 Å². The molecule has 0 aliphatic carbocycles. The van der Waals surface area contributed by atoms with Gasteiger partial charge in [0.1, 0.15) is 17.3 Å². The first-order valence-electron chi connectivity index (χ1n) is 17.8. The van der Waals surface area contributed by atoms with Crippen molar-refractivity contribution in [1.82, 2.24) is 20.3 Å². The highest BCUT2D eigenvalue weighted by Crippen LogP contribution is 2.41. The molecule has 7 heterocycles. The SMILES string of the molecule is O=c1c2c([nH]c3ccccc13)C(c1ccc3c(c1)CCO3)N(c1ccccn1)C2.O=c1c2c([nH]c3ccccc13)C(c1ccc3c(c1)CCO3)NC2. The molecule has 0 saturated carbocycles. The lowest BCUT2D eigenvalue weighted by Gasteiger charge is -2.26. The van der Waals surface area contributed by atoms with E-state index >= 15 is 0 Å². The number of aromatic nitrogens is 3. The lowest BCUT2D eigenvalue weighted by Crippen LogP contribution is -2.23. The van der Waals surface area contributed by atoms with Crippen LogP contribution in [0, 0.1) is 0 Å². The Kier molecular flexibility index (Phi) is 7.21. The molecular formula is C43H35N5O4. The van der Waals surface area contributed by atoms with Gasteiger partial charge in [-0.2, -0.15) is 0 Å². The Morgan fingerprint density at radius 3 is 1.96 bits per heavy atom. The van der Waals surface area contributed by atoms with Gasteiger partial charge in [-0.3, -0.25) is 9.59 Å². The second-order valence-corrected chi connectivity index (χ2v) is 13.7. The van der Waals surface area contributed by atoms with Crippen molar-refractivity contribution in [3.63, 3.8) is 0 Å². The maximum Gasteiger partial charge on any atom is 0.194 e. The van der Waals surface area contributed by atoms with Crippen molar-refractivity contribution in [2.75, 3.05) is 18.1 Å². The third-order valence-electron chi connectivity index (χ3n) is 10.8. The number of ether oxygens (including phenoxy) is 2. The smallest absolute Gasteiger partial charge is 0.194 e. The highest BCUT2D eigenvalue weighted by atomic mass is 16.5. The zero-order chi connectivity index (χ0) is 34.8. The van der Waals surface area contributed by atoms with E-state index in [4.69, 9.17) is 9.47 Å². The average molecular weight is 686 g/mol. The first-order chi connectivity index (χ1) is 25.6. The van der Waals surface area contributed by atoms with Crippen molar-refractivity contribution in [2.24, 2.45) is 0 Å². The summed E-state index contributed by atoms with van der Waals surface area (Å²) in [5, 5.41) is 4.97. The maximum absolute atomic E-state index is 13.3. The van der Waals surface area contributed by atoms with Gasteiger partial charge in [-0.15, -0.1) is 0 Å². The van der Waals surface area contributed by atoms with E-state index in [2.05, 4.69) is 49.4 Å². The van der Waals surface area contributed by atoms with Gasteiger partial charge in [-0.05, 0) is 76.9 Å². The number of fused-ring (bicyclic) bond motifs is 6. The Morgan fingerprint density at radius 2 is 1.27 bits per heavy atom. The fourth-order valence-corrected chi connectivity index (χ4v) is 8.26. The van der Waals surface area contributed by atoms with Crippen LogP contribution in [-0.4, -0.2) is 28.2 Å². The van der Waals surface area contributed by atoms with Crippen LogP contribution >= 0.6 is 0 Å². The van der Waals surface area contributed by atoms with Crippen molar-refractivity contribution >= 4 is 27.6 Å². The number of pyridine rings is 3. The summed E-state index contributed by atoms with van der Waals surface area (Å²) in [6.07, 6.45) is 3.67. The molecule has 9 heteroatoms. The van der Waals surface area contributed by atoms with Crippen molar-refractivity contribution in [2.45, 2.75) is 38.0 Å². The number of benzene rings is 4. The van der Waals surface area contributed by atoms with Crippen molar-refractivity contribution in [3.8, 4) is 11.5 Å². The van der Waals surface area contributed by atoms with Crippen molar-refractivity contribution in [1.29, 1.82) is 0 Å². The fraction of sp³-hybridized carbons (Fsp3) is 0.186. The Balaban J connectivity index is 0.000000134. The highest BCUT2D eigenvalue weighted by molar-refractivity contribution is 5.81. The first-order valence-corrected chi connectivity index (χ1v) is 17.8. The van der Waals surface area contributed by atoms with Crippen LogP contribution in [0.25, 0.3) is 21.8 Å². The molecule has 4 aliphatic heterocycles. The van der Waals surface area contributed by atoms with E-state index < -0.39 is 0 Å². The number of anilines is 1. The third kappa shape index (κ3) is 4.99. The van der Waals surface area contributed by atoms with E-state index in [1.807, 2.05) is 78.9 Å². The predicted octanol–water partition coefficient (Wildman–Crippen LogP) is 6.62. The van der Waals surface area contributed by atoms with E-state index in [1.54, 1.807) is 6.20 Å². The number of H-pyrrole nitrogens is 2. The first kappa shape index (κ1) is 30.6. The second-order valence-electron chi connectivity index (χ2n) is 13.7. The number of aromatic amines is 2. The molecule has 3 N–H and O–H groups in total. The number of rotatable bonds is 3. The van der Waals surface area contributed by atoms with Gasteiger partial charge in [0, 0.05) is 64.2 Å². The summed E-state index contributed by atoms with van der Waals surface area (Å²) in [6, 6.07) is 33.9. The summed E-state index contributed by atoms with van der Waals surface area (Å²) in [4.78, 5) is 39.8. The van der Waals surface area contributed by atoms with E-state index in [0.29, 0.717) is 13.1 Å². The van der Waals surface area contributed by atoms with Gasteiger partial charge in [-0.25, -0.2) is 4.98 Å². The van der Waals surface area contributed by atoms with Gasteiger partial charge in [-0.1, -0.05) is 48.5 Å². The average Bonchev–Trinajstić information content (AvgIpc) is 4.01. The summed E-state index contributed by atoms with van der Waals surface area (Å²) in [5.41, 5.74) is 10.4. The molecule has 2 unspecified atom stereocenters. The molecule has 256 valence electrons. The Hall–Kier alpha value is -6.19. The molecule has 0 spiro atoms. The van der Waals surface area contributed by atoms with Gasteiger partial charge in [0.2, 0.25) is 0 Å². The summed E-state index contributed by atoms with van der Waals surface area (Å²) in [6.45, 7) is 2.62. The molecule has 2 atom stereocenters. The Morgan fingerprint density at radius 1 is 0.654 bits per heavy atom. The topological polar surface area (TPSA) is 112 Å². The maximum atomic E-state index is 13.3. The number of nitrogens with zero attached hydrogens (tertiary/aromatic N) is 2. The molecule has 0 saturated heterocycles. The predicted molar refractivity (Wildman–Crippen MR) is 201 cm³/mol. The summed E-state index contributed by atoms with van der Waals surface area (Å²) in [7, 11) is 0. The molecule has 0 radical (unpaired) electrons. The summed E-state index contributed by atoms with van der Waals surface area (Å²) < 4.78 is 11.3. The zero-order valence-corrected chi connectivity index (χ0v) is 28.3. The molecule has 3 aromatic heterocycles. The molecule has 0 fully saturated rings. The van der Waals surface area contributed by atoms with Crippen LogP contribution in [0.1, 0.15) is 56.9 Å². The molecule has 52 heavy (non-hydrogen) atoms. The van der Waals surface area contributed by atoms with E-state index in [1.165, 1.54) is 16.7 Å². The van der Waals surface area contributed by atoms with Gasteiger partial charge in [0.25, 0.3) is 0 Å². The number of para-hydroxylation sites is 2. The molecule has 0 amide bonds. The number of hydrogen-bond acceptors (Lipinski definition) is 7. The third-order valence-corrected chi connectivity index (χ3v) is 10.8. The summed E-state index contributed by atoms with van der Waals surface area (Å²) >= 11 is 0. The molecule has 9 nitrogen and oxygen atoms in total. The second kappa shape index (κ2) is 12.2. The monoisotopic (exact) mass is 685 g/mol. The largest absolute Gasteiger partial charge is 0.493 e. The van der Waals surface area contributed by atoms with Crippen molar-refractivity contribution < 1.29 is 9.47 Å². The molecular weight excluding hydrogens is 651 g/mol. The van der Waals surface area contributed by atoms with Gasteiger partial charge >= 0.3 is 0 Å². The standard InChI is InChI=1S/C24H19N3O2.C19H16N2O2/c28-24-17-5-1-2-6-19(17)26-22-18(24)14-27(21-7-3-4-11-25-21)23(22)16-8-9-20-15(13-16)10-12-29-20;22-19-13-3-1-2-4-15(13)21-18-14(19)10-20-17(18)12-5-6-16-11(9-12)7-8-23-16/h1-9,11,13,23H,10,12,14H2,(H,26,28);1-6,9,17,20H,7-8,10H2,(H,21,22). The molecule has 0 bridgehead atoms. The van der Waals surface area contributed by atoms with Gasteiger partial charge in [0.15, 0.2) is 10.9 Å². The lowest BCUT2D eigenvalue weighted by atomic mass is 9.98. The van der Waals surface area contributed by atoms with Crippen LogP contribution in [0.2, 0.25) is 0 Å². The molecule has 7 aromatic rings. The molecule has 11 rings (SSSR count). The number of nitrogens with one attached hydrogen (secondary N) is 3. The molecule has 4 aliphatic rings. The minimum Gasteiger partial charge on any atom is -0.493 e. The highest BCUT2D eigenvalue weighted by Gasteiger charge is 2.36.